The van der Waals surface area contributed by atoms with Crippen molar-refractivity contribution in [3.8, 4) is 0 Å². The Labute approximate surface area is 68.7 Å². The molecule has 0 heterocycles. The van der Waals surface area contributed by atoms with E-state index in [0.717, 1.165) is 0 Å². The molecule has 0 aromatic heterocycles. The Morgan fingerprint density at radius 1 is 1.10 bits per heavy atom. The van der Waals surface area contributed by atoms with Gasteiger partial charge in [0.25, 0.3) is 0 Å². The van der Waals surface area contributed by atoms with Crippen molar-refractivity contribution in [3.63, 3.8) is 0 Å². The molecule has 0 spiro atoms. The second-order valence-electron chi connectivity index (χ2n) is 2.47. The van der Waals surface area contributed by atoms with Gasteiger partial charge in [0, 0.05) is 0 Å². The van der Waals surface area contributed by atoms with E-state index in [1.807, 2.05) is 0 Å². The van der Waals surface area contributed by atoms with Crippen LogP contribution in [-0.4, -0.2) is 8.83 Å². The fourth-order valence-corrected chi connectivity index (χ4v) is 1.92. The average Bonchev–Trinajstić information content (AvgIpc) is 1.85. The summed E-state index contributed by atoms with van der Waals surface area (Å²) in [5.41, 5.74) is 2.59. The summed E-state index contributed by atoms with van der Waals surface area (Å²) < 4.78 is 0. The summed E-state index contributed by atoms with van der Waals surface area (Å²) in [6.45, 7) is 4.18. The molecule has 2 radical (unpaired) electrons. The van der Waals surface area contributed by atoms with E-state index >= 15 is 0 Å². The van der Waals surface area contributed by atoms with Gasteiger partial charge in [0.05, 0.1) is 0 Å². The van der Waals surface area contributed by atoms with Gasteiger partial charge in [-0.1, -0.05) is 29.3 Å². The second kappa shape index (κ2) is 3.22. The molecule has 0 aliphatic rings. The largest absolute Gasteiger partial charge is 0.210 e. The molecular formula is C8H9ClSi. The van der Waals surface area contributed by atoms with Crippen molar-refractivity contribution in [1.82, 2.24) is 0 Å². The lowest BCUT2D eigenvalue weighted by molar-refractivity contribution is 1.40. The van der Waals surface area contributed by atoms with E-state index in [4.69, 9.17) is 11.1 Å². The van der Waals surface area contributed by atoms with Crippen LogP contribution < -0.4 is 5.19 Å². The Morgan fingerprint density at radius 2 is 1.60 bits per heavy atom. The summed E-state index contributed by atoms with van der Waals surface area (Å²) in [7, 11) is 0.395. The van der Waals surface area contributed by atoms with E-state index in [1.165, 1.54) is 16.3 Å². The minimum absolute atomic E-state index is 0.395. The van der Waals surface area contributed by atoms with Gasteiger partial charge in [0.1, 0.15) is 0 Å². The molecule has 1 rings (SSSR count). The lowest BCUT2D eigenvalue weighted by Crippen LogP contribution is -2.08. The normalized spacial score (nSPS) is 9.90. The highest BCUT2D eigenvalue weighted by atomic mass is 35.6. The van der Waals surface area contributed by atoms with E-state index < -0.39 is 0 Å². The fourth-order valence-electron chi connectivity index (χ4n) is 1.03. The van der Waals surface area contributed by atoms with Crippen LogP contribution in [-0.2, 0) is 0 Å². The van der Waals surface area contributed by atoms with E-state index in [2.05, 4.69) is 32.0 Å². The van der Waals surface area contributed by atoms with Gasteiger partial charge in [0.15, 0.2) is 0 Å². The number of aryl methyl sites for hydroxylation is 2. The summed E-state index contributed by atoms with van der Waals surface area (Å²) in [4.78, 5) is 0. The molecule has 0 atom stereocenters. The predicted octanol–water partition coefficient (Wildman–Crippen LogP) is 1.79. The van der Waals surface area contributed by atoms with Crippen molar-refractivity contribution in [2.45, 2.75) is 13.8 Å². The predicted molar refractivity (Wildman–Crippen MR) is 47.2 cm³/mol. The molecule has 0 saturated carbocycles. The number of rotatable bonds is 1. The van der Waals surface area contributed by atoms with Crippen LogP contribution in [0, 0.1) is 13.8 Å². The Balaban J connectivity index is 3.06. The molecule has 1 aromatic rings. The van der Waals surface area contributed by atoms with Gasteiger partial charge in [-0.25, -0.2) is 0 Å². The van der Waals surface area contributed by atoms with Gasteiger partial charge in [-0.05, 0) is 19.0 Å². The van der Waals surface area contributed by atoms with E-state index in [1.54, 1.807) is 0 Å². The third kappa shape index (κ3) is 1.86. The van der Waals surface area contributed by atoms with Gasteiger partial charge in [-0.15, -0.1) is 0 Å². The maximum Gasteiger partial charge on any atom is 0.210 e. The molecule has 1 aromatic carbocycles. The van der Waals surface area contributed by atoms with Crippen LogP contribution in [0.5, 0.6) is 0 Å². The summed E-state index contributed by atoms with van der Waals surface area (Å²) in [6, 6.07) is 6.40. The summed E-state index contributed by atoms with van der Waals surface area (Å²) in [6.07, 6.45) is 0. The molecule has 0 N–H and O–H groups in total. The average molecular weight is 169 g/mol. The molecule has 0 aliphatic heterocycles. The second-order valence-corrected chi connectivity index (χ2v) is 3.80. The molecule has 0 fully saturated rings. The van der Waals surface area contributed by atoms with Crippen molar-refractivity contribution in [2.24, 2.45) is 0 Å². The number of hydrogen-bond acceptors (Lipinski definition) is 0. The molecule has 0 amide bonds. The first-order valence-electron chi connectivity index (χ1n) is 3.17. The monoisotopic (exact) mass is 168 g/mol. The van der Waals surface area contributed by atoms with Crippen LogP contribution in [0.1, 0.15) is 11.1 Å². The smallest absolute Gasteiger partial charge is 0.165 e. The van der Waals surface area contributed by atoms with Crippen molar-refractivity contribution < 1.29 is 0 Å². The Hall–Kier alpha value is -0.273. The topological polar surface area (TPSA) is 0 Å². The van der Waals surface area contributed by atoms with Gasteiger partial charge in [0.2, 0.25) is 8.83 Å². The van der Waals surface area contributed by atoms with Gasteiger partial charge < -0.3 is 0 Å². The number of hydrogen-bond donors (Lipinski definition) is 0. The highest BCUT2D eigenvalue weighted by Crippen LogP contribution is 1.99. The third-order valence-corrected chi connectivity index (χ3v) is 2.49. The van der Waals surface area contributed by atoms with Crippen LogP contribution in [0.4, 0.5) is 0 Å². The van der Waals surface area contributed by atoms with Gasteiger partial charge >= 0.3 is 0 Å². The van der Waals surface area contributed by atoms with E-state index in [-0.39, 0.29) is 0 Å². The van der Waals surface area contributed by atoms with Crippen LogP contribution in [0.2, 0.25) is 0 Å². The summed E-state index contributed by atoms with van der Waals surface area (Å²) in [5.74, 6) is 0. The van der Waals surface area contributed by atoms with Crippen LogP contribution in [0.15, 0.2) is 18.2 Å². The number of benzene rings is 1. The first kappa shape index (κ1) is 7.83. The Morgan fingerprint density at radius 3 is 2.00 bits per heavy atom. The minimum Gasteiger partial charge on any atom is -0.165 e. The molecule has 10 heavy (non-hydrogen) atoms. The van der Waals surface area contributed by atoms with Crippen molar-refractivity contribution in [3.05, 3.63) is 29.3 Å². The summed E-state index contributed by atoms with van der Waals surface area (Å²) >= 11 is 5.70. The van der Waals surface area contributed by atoms with Crippen LogP contribution >= 0.6 is 11.1 Å². The van der Waals surface area contributed by atoms with Crippen molar-refractivity contribution >= 4 is 25.1 Å². The SMILES string of the molecule is Cc1cc(C)cc([Si]Cl)c1. The molecule has 2 heteroatoms. The Kier molecular flexibility index (Phi) is 2.52. The molecule has 52 valence electrons. The highest BCUT2D eigenvalue weighted by molar-refractivity contribution is 7.01. The van der Waals surface area contributed by atoms with Crippen LogP contribution in [0.3, 0.4) is 0 Å². The zero-order valence-corrected chi connectivity index (χ0v) is 7.87. The third-order valence-electron chi connectivity index (χ3n) is 1.33. The Bertz CT molecular complexity index is 212. The fraction of sp³-hybridized carbons (Fsp3) is 0.250. The first-order chi connectivity index (χ1) is 4.72. The number of halogens is 1. The minimum atomic E-state index is 0.395. The maximum atomic E-state index is 5.70. The molecular weight excluding hydrogens is 160 g/mol. The molecule has 0 bridgehead atoms. The summed E-state index contributed by atoms with van der Waals surface area (Å²) in [5, 5.41) is 1.24. The van der Waals surface area contributed by atoms with Crippen molar-refractivity contribution in [1.29, 1.82) is 0 Å². The van der Waals surface area contributed by atoms with Crippen molar-refractivity contribution in [2.75, 3.05) is 0 Å². The standard InChI is InChI=1S/C8H9ClSi/c1-6-3-7(2)5-8(4-6)10-9/h3-5H,1-2H3. The molecule has 0 saturated heterocycles. The molecule has 0 aliphatic carbocycles. The maximum absolute atomic E-state index is 5.70. The first-order valence-corrected chi connectivity index (χ1v) is 5.18. The van der Waals surface area contributed by atoms with E-state index in [0.29, 0.717) is 8.83 Å². The van der Waals surface area contributed by atoms with Gasteiger partial charge in [-0.3, -0.25) is 0 Å². The highest BCUT2D eigenvalue weighted by Gasteiger charge is 1.93. The zero-order chi connectivity index (χ0) is 7.56. The van der Waals surface area contributed by atoms with Crippen LogP contribution in [0.25, 0.3) is 0 Å². The lowest BCUT2D eigenvalue weighted by atomic mass is 10.2. The van der Waals surface area contributed by atoms with Gasteiger partial charge in [-0.2, -0.15) is 11.1 Å². The molecule has 0 nitrogen and oxygen atoms in total. The lowest BCUT2D eigenvalue weighted by Gasteiger charge is -1.98. The molecule has 0 unspecified atom stereocenters. The quantitative estimate of drug-likeness (QED) is 0.443. The van der Waals surface area contributed by atoms with E-state index in [9.17, 15) is 0 Å². The zero-order valence-electron chi connectivity index (χ0n) is 6.11.